The van der Waals surface area contributed by atoms with Crippen LogP contribution < -0.4 is 5.32 Å². The van der Waals surface area contributed by atoms with Gasteiger partial charge in [-0.15, -0.1) is 0 Å². The largest absolute Gasteiger partial charge is 0.355 e. The van der Waals surface area contributed by atoms with Crippen LogP contribution in [0.15, 0.2) is 42.5 Å². The molecule has 0 radical (unpaired) electrons. The molecule has 2 heteroatoms. The van der Waals surface area contributed by atoms with E-state index in [1.807, 2.05) is 0 Å². The average molecular weight is 278 g/mol. The molecule has 1 atom stereocenters. The minimum absolute atomic E-state index is 0.531. The number of hydrogen-bond acceptors (Lipinski definition) is 1. The summed E-state index contributed by atoms with van der Waals surface area (Å²) in [5.41, 5.74) is 3.92. The van der Waals surface area contributed by atoms with Crippen LogP contribution in [0.5, 0.6) is 0 Å². The lowest BCUT2D eigenvalue weighted by atomic mass is 9.99. The molecule has 0 spiro atoms. The zero-order valence-corrected chi connectivity index (χ0v) is 12.5. The van der Waals surface area contributed by atoms with E-state index in [1.165, 1.54) is 46.6 Å². The fourth-order valence-corrected chi connectivity index (χ4v) is 3.35. The molecule has 0 bridgehead atoms. The number of hydrogen-bond donors (Lipinski definition) is 2. The Balaban J connectivity index is 1.79. The molecule has 1 aliphatic carbocycles. The van der Waals surface area contributed by atoms with Crippen molar-refractivity contribution in [2.75, 3.05) is 6.54 Å². The second kappa shape index (κ2) is 5.19. The molecule has 2 nitrogen and oxygen atoms in total. The van der Waals surface area contributed by atoms with Crippen LogP contribution in [0.4, 0.5) is 0 Å². The molecular weight excluding hydrogens is 256 g/mol. The third-order valence-corrected chi connectivity index (χ3v) is 4.60. The van der Waals surface area contributed by atoms with Crippen molar-refractivity contribution in [2.45, 2.75) is 32.2 Å². The number of aromatic nitrogens is 1. The van der Waals surface area contributed by atoms with Gasteiger partial charge in [0.15, 0.2) is 0 Å². The molecule has 1 heterocycles. The molecule has 1 unspecified atom stereocenters. The summed E-state index contributed by atoms with van der Waals surface area (Å²) in [4.78, 5) is 3.51. The van der Waals surface area contributed by atoms with Crippen LogP contribution in [0, 0.1) is 5.92 Å². The molecule has 108 valence electrons. The van der Waals surface area contributed by atoms with Crippen molar-refractivity contribution in [3.63, 3.8) is 0 Å². The smallest absolute Gasteiger partial charge is 0.0465 e. The van der Waals surface area contributed by atoms with Gasteiger partial charge in [-0.2, -0.15) is 0 Å². The third kappa shape index (κ3) is 2.34. The van der Waals surface area contributed by atoms with Crippen molar-refractivity contribution >= 4 is 21.8 Å². The number of fused-ring (bicyclic) bond motifs is 3. The maximum absolute atomic E-state index is 3.74. The summed E-state index contributed by atoms with van der Waals surface area (Å²) in [6, 6.07) is 16.0. The van der Waals surface area contributed by atoms with E-state index in [4.69, 9.17) is 0 Å². The quantitative estimate of drug-likeness (QED) is 0.691. The number of nitrogens with one attached hydrogen (secondary N) is 2. The monoisotopic (exact) mass is 278 g/mol. The molecule has 1 saturated carbocycles. The van der Waals surface area contributed by atoms with Crippen molar-refractivity contribution < 1.29 is 0 Å². The molecule has 2 aromatic carbocycles. The van der Waals surface area contributed by atoms with Crippen molar-refractivity contribution in [1.82, 2.24) is 10.3 Å². The fourth-order valence-electron chi connectivity index (χ4n) is 3.35. The van der Waals surface area contributed by atoms with E-state index in [1.54, 1.807) is 0 Å². The number of H-pyrrole nitrogens is 1. The fraction of sp³-hybridized carbons (Fsp3) is 0.368. The van der Waals surface area contributed by atoms with E-state index >= 15 is 0 Å². The van der Waals surface area contributed by atoms with Crippen molar-refractivity contribution in [3.05, 3.63) is 48.0 Å². The van der Waals surface area contributed by atoms with Gasteiger partial charge in [-0.05, 0) is 55.5 Å². The zero-order valence-electron chi connectivity index (χ0n) is 12.5. The van der Waals surface area contributed by atoms with Gasteiger partial charge in [0, 0.05) is 27.8 Å². The Kier molecular flexibility index (Phi) is 3.19. The lowest BCUT2D eigenvalue weighted by Gasteiger charge is -2.18. The Morgan fingerprint density at radius 3 is 2.71 bits per heavy atom. The van der Waals surface area contributed by atoms with Crippen LogP contribution in [0.2, 0.25) is 0 Å². The van der Waals surface area contributed by atoms with Gasteiger partial charge in [-0.1, -0.05) is 31.2 Å². The minimum atomic E-state index is 0.531. The predicted molar refractivity (Wildman–Crippen MR) is 89.6 cm³/mol. The van der Waals surface area contributed by atoms with Crippen LogP contribution in [0.1, 0.15) is 37.8 Å². The maximum Gasteiger partial charge on any atom is 0.0465 e. The highest BCUT2D eigenvalue weighted by molar-refractivity contribution is 6.07. The SMILES string of the molecule is CCCNC(c1ccc2[nH]c3ccccc3c2c1)C1CC1. The van der Waals surface area contributed by atoms with Gasteiger partial charge in [0.2, 0.25) is 0 Å². The van der Waals surface area contributed by atoms with Crippen molar-refractivity contribution in [3.8, 4) is 0 Å². The Morgan fingerprint density at radius 2 is 1.90 bits per heavy atom. The molecule has 1 fully saturated rings. The van der Waals surface area contributed by atoms with Crippen molar-refractivity contribution in [1.29, 1.82) is 0 Å². The lowest BCUT2D eigenvalue weighted by molar-refractivity contribution is 0.481. The van der Waals surface area contributed by atoms with Gasteiger partial charge in [-0.3, -0.25) is 0 Å². The molecule has 4 rings (SSSR count). The van der Waals surface area contributed by atoms with Crippen LogP contribution in [0.25, 0.3) is 21.8 Å². The summed E-state index contributed by atoms with van der Waals surface area (Å²) in [5, 5.41) is 6.43. The Bertz CT molecular complexity index is 767. The Labute approximate surface area is 125 Å². The third-order valence-electron chi connectivity index (χ3n) is 4.60. The van der Waals surface area contributed by atoms with Crippen LogP contribution >= 0.6 is 0 Å². The Hall–Kier alpha value is -1.80. The van der Waals surface area contributed by atoms with Crippen molar-refractivity contribution in [2.24, 2.45) is 5.92 Å². The highest BCUT2D eigenvalue weighted by Crippen LogP contribution is 2.42. The second-order valence-corrected chi connectivity index (χ2v) is 6.24. The molecule has 1 aromatic heterocycles. The molecule has 21 heavy (non-hydrogen) atoms. The summed E-state index contributed by atoms with van der Waals surface area (Å²) in [7, 11) is 0. The lowest BCUT2D eigenvalue weighted by Crippen LogP contribution is -2.23. The molecule has 3 aromatic rings. The second-order valence-electron chi connectivity index (χ2n) is 6.24. The van der Waals surface area contributed by atoms with E-state index in [-0.39, 0.29) is 0 Å². The summed E-state index contributed by atoms with van der Waals surface area (Å²) in [5.74, 6) is 0.833. The van der Waals surface area contributed by atoms with Crippen LogP contribution in [-0.4, -0.2) is 11.5 Å². The van der Waals surface area contributed by atoms with E-state index in [0.29, 0.717) is 6.04 Å². The van der Waals surface area contributed by atoms with Gasteiger partial charge >= 0.3 is 0 Å². The summed E-state index contributed by atoms with van der Waals surface area (Å²) in [6.07, 6.45) is 3.93. The topological polar surface area (TPSA) is 27.8 Å². The summed E-state index contributed by atoms with van der Waals surface area (Å²) >= 11 is 0. The average Bonchev–Trinajstić information content (AvgIpc) is 3.28. The van der Waals surface area contributed by atoms with E-state index in [9.17, 15) is 0 Å². The van der Waals surface area contributed by atoms with Gasteiger partial charge in [0.25, 0.3) is 0 Å². The first-order valence-electron chi connectivity index (χ1n) is 8.10. The number of benzene rings is 2. The van der Waals surface area contributed by atoms with E-state index in [0.717, 1.165) is 12.5 Å². The number of rotatable bonds is 5. The molecule has 0 aliphatic heterocycles. The first-order chi connectivity index (χ1) is 10.4. The van der Waals surface area contributed by atoms with Gasteiger partial charge in [0.1, 0.15) is 0 Å². The molecule has 0 saturated heterocycles. The summed E-state index contributed by atoms with van der Waals surface area (Å²) in [6.45, 7) is 3.34. The van der Waals surface area contributed by atoms with Crippen LogP contribution in [0.3, 0.4) is 0 Å². The maximum atomic E-state index is 3.74. The molecule has 1 aliphatic rings. The van der Waals surface area contributed by atoms with Gasteiger partial charge in [-0.25, -0.2) is 0 Å². The summed E-state index contributed by atoms with van der Waals surface area (Å²) < 4.78 is 0. The van der Waals surface area contributed by atoms with Gasteiger partial charge in [0.05, 0.1) is 0 Å². The zero-order chi connectivity index (χ0) is 14.2. The first kappa shape index (κ1) is 12.9. The predicted octanol–water partition coefficient (Wildman–Crippen LogP) is 4.77. The standard InChI is InChI=1S/C19H22N2/c1-2-11-20-19(13-7-8-13)14-9-10-18-16(12-14)15-5-3-4-6-17(15)21-18/h3-6,9-10,12-13,19-21H,2,7-8,11H2,1H3. The minimum Gasteiger partial charge on any atom is -0.355 e. The van der Waals surface area contributed by atoms with Crippen LogP contribution in [-0.2, 0) is 0 Å². The highest BCUT2D eigenvalue weighted by Gasteiger charge is 2.31. The normalized spacial score (nSPS) is 16.6. The molecule has 2 N–H and O–H groups in total. The Morgan fingerprint density at radius 1 is 1.10 bits per heavy atom. The molecular formula is C19H22N2. The number of para-hydroxylation sites is 1. The number of aromatic amines is 1. The van der Waals surface area contributed by atoms with Gasteiger partial charge < -0.3 is 10.3 Å². The first-order valence-corrected chi connectivity index (χ1v) is 8.10. The van der Waals surface area contributed by atoms with E-state index in [2.05, 4.69) is 59.7 Å². The highest BCUT2D eigenvalue weighted by atomic mass is 14.9. The van der Waals surface area contributed by atoms with E-state index < -0.39 is 0 Å². The molecule has 0 amide bonds.